The average molecular weight is 428 g/mol. The van der Waals surface area contributed by atoms with Crippen molar-refractivity contribution in [2.24, 2.45) is 0 Å². The number of aromatic nitrogens is 2. The molecule has 160 valence electrons. The third-order valence-corrected chi connectivity index (χ3v) is 5.57. The van der Waals surface area contributed by atoms with Crippen molar-refractivity contribution in [1.82, 2.24) is 15.3 Å². The van der Waals surface area contributed by atoms with Gasteiger partial charge in [0, 0.05) is 32.3 Å². The minimum Gasteiger partial charge on any atom is -0.439 e. The van der Waals surface area contributed by atoms with Crippen molar-refractivity contribution in [3.63, 3.8) is 0 Å². The number of ether oxygens (including phenoxy) is 2. The highest BCUT2D eigenvalue weighted by atomic mass is 32.1. The van der Waals surface area contributed by atoms with Gasteiger partial charge in [0.2, 0.25) is 11.8 Å². The highest BCUT2D eigenvalue weighted by Crippen LogP contribution is 2.26. The molecule has 0 radical (unpaired) electrons. The van der Waals surface area contributed by atoms with Crippen LogP contribution in [0.3, 0.4) is 0 Å². The lowest BCUT2D eigenvalue weighted by Gasteiger charge is -2.22. The van der Waals surface area contributed by atoms with Gasteiger partial charge in [-0.1, -0.05) is 31.0 Å². The van der Waals surface area contributed by atoms with Gasteiger partial charge in [-0.2, -0.15) is 9.97 Å². The van der Waals surface area contributed by atoms with Crippen molar-refractivity contribution >= 4 is 29.1 Å². The van der Waals surface area contributed by atoms with Gasteiger partial charge >= 0.3 is 0 Å². The number of para-hydroxylation sites is 1. The summed E-state index contributed by atoms with van der Waals surface area (Å²) in [6.07, 6.45) is 7.24. The van der Waals surface area contributed by atoms with Gasteiger partial charge in [0.1, 0.15) is 11.6 Å². The van der Waals surface area contributed by atoms with Crippen LogP contribution in [0.5, 0.6) is 11.6 Å². The fourth-order valence-electron chi connectivity index (χ4n) is 3.75. The van der Waals surface area contributed by atoms with Crippen LogP contribution in [0.4, 0.5) is 11.8 Å². The smallest absolute Gasteiger partial charge is 0.234 e. The normalized spacial score (nSPS) is 19.2. The minimum atomic E-state index is 0.214. The number of thiocarbonyl (C=S) groups is 1. The molecular formula is C22H29N5O2S. The summed E-state index contributed by atoms with van der Waals surface area (Å²) in [4.78, 5) is 11.6. The molecule has 2 N–H and O–H groups in total. The summed E-state index contributed by atoms with van der Waals surface area (Å²) in [6.45, 7) is 3.49. The molecule has 2 aromatic rings. The molecule has 2 fully saturated rings. The fraction of sp³-hybridized carbons (Fsp3) is 0.500. The number of hydrogen-bond acceptors (Lipinski definition) is 6. The zero-order valence-electron chi connectivity index (χ0n) is 17.2. The SMILES string of the molecule is S=C(NC[C@@H]1CCCO1)Nc1nc(Oc2ccccc2)cc(N2CCCCCC2)n1. The molecule has 0 spiro atoms. The quantitative estimate of drug-likeness (QED) is 0.668. The van der Waals surface area contributed by atoms with Crippen molar-refractivity contribution in [1.29, 1.82) is 0 Å². The van der Waals surface area contributed by atoms with E-state index in [0.29, 0.717) is 23.5 Å². The first-order valence-electron chi connectivity index (χ1n) is 10.8. The topological polar surface area (TPSA) is 71.5 Å². The van der Waals surface area contributed by atoms with Gasteiger partial charge in [-0.25, -0.2) is 0 Å². The largest absolute Gasteiger partial charge is 0.439 e. The Labute approximate surface area is 183 Å². The van der Waals surface area contributed by atoms with Gasteiger partial charge in [-0.05, 0) is 50.0 Å². The Bertz CT molecular complexity index is 822. The summed E-state index contributed by atoms with van der Waals surface area (Å²) < 4.78 is 11.6. The Balaban J connectivity index is 1.49. The molecule has 7 nitrogen and oxygen atoms in total. The Hall–Kier alpha value is -2.45. The molecule has 0 aliphatic carbocycles. The lowest BCUT2D eigenvalue weighted by molar-refractivity contribution is 0.114. The molecule has 2 aliphatic rings. The molecule has 1 aromatic carbocycles. The second kappa shape index (κ2) is 10.5. The first-order chi connectivity index (χ1) is 14.8. The van der Waals surface area contributed by atoms with Crippen molar-refractivity contribution in [3.05, 3.63) is 36.4 Å². The van der Waals surface area contributed by atoms with Crippen LogP contribution >= 0.6 is 12.2 Å². The lowest BCUT2D eigenvalue weighted by Crippen LogP contribution is -2.35. The maximum absolute atomic E-state index is 6.00. The molecule has 0 saturated carbocycles. The monoisotopic (exact) mass is 427 g/mol. The zero-order valence-corrected chi connectivity index (χ0v) is 18.0. The van der Waals surface area contributed by atoms with Crippen LogP contribution in [-0.4, -0.2) is 47.4 Å². The predicted octanol–water partition coefficient (Wildman–Crippen LogP) is 4.11. The van der Waals surface area contributed by atoms with E-state index in [0.717, 1.165) is 44.1 Å². The number of hydrogen-bond donors (Lipinski definition) is 2. The molecular weight excluding hydrogens is 398 g/mol. The fourth-order valence-corrected chi connectivity index (χ4v) is 3.92. The van der Waals surface area contributed by atoms with E-state index in [1.165, 1.54) is 25.7 Å². The maximum Gasteiger partial charge on any atom is 0.234 e. The predicted molar refractivity (Wildman–Crippen MR) is 122 cm³/mol. The van der Waals surface area contributed by atoms with Crippen LogP contribution in [0.2, 0.25) is 0 Å². The number of anilines is 2. The summed E-state index contributed by atoms with van der Waals surface area (Å²) >= 11 is 5.45. The van der Waals surface area contributed by atoms with Crippen LogP contribution < -0.4 is 20.3 Å². The standard InChI is InChI=1S/C22H29N5O2S/c30-22(23-16-18-11-8-14-28-18)26-21-24-19(27-12-6-1-2-7-13-27)15-20(25-21)29-17-9-4-3-5-10-17/h3-5,9-10,15,18H,1-2,6-8,11-14,16H2,(H2,23,24,25,26,30)/t18-/m0/s1. The molecule has 1 atom stereocenters. The molecule has 30 heavy (non-hydrogen) atoms. The molecule has 8 heteroatoms. The molecule has 2 aliphatic heterocycles. The lowest BCUT2D eigenvalue weighted by atomic mass is 10.2. The summed E-state index contributed by atoms with van der Waals surface area (Å²) in [5, 5.41) is 6.83. The van der Waals surface area contributed by atoms with E-state index in [1.54, 1.807) is 0 Å². The maximum atomic E-state index is 6.00. The van der Waals surface area contributed by atoms with Crippen LogP contribution in [-0.2, 0) is 4.74 Å². The molecule has 4 rings (SSSR count). The summed E-state index contributed by atoms with van der Waals surface area (Å²) in [6, 6.07) is 11.6. The van der Waals surface area contributed by atoms with Gasteiger partial charge < -0.3 is 25.0 Å². The number of rotatable bonds is 6. The van der Waals surface area contributed by atoms with Gasteiger partial charge in [0.25, 0.3) is 0 Å². The number of nitrogens with zero attached hydrogens (tertiary/aromatic N) is 3. The average Bonchev–Trinajstić information content (AvgIpc) is 3.13. The minimum absolute atomic E-state index is 0.214. The summed E-state index contributed by atoms with van der Waals surface area (Å²) in [5.74, 6) is 2.54. The van der Waals surface area contributed by atoms with E-state index >= 15 is 0 Å². The first-order valence-corrected chi connectivity index (χ1v) is 11.2. The molecule has 2 saturated heterocycles. The van der Waals surface area contributed by atoms with Crippen molar-refractivity contribution in [3.8, 4) is 11.6 Å². The van der Waals surface area contributed by atoms with E-state index in [9.17, 15) is 0 Å². The van der Waals surface area contributed by atoms with Gasteiger partial charge in [-0.3, -0.25) is 0 Å². The van der Waals surface area contributed by atoms with Gasteiger partial charge in [0.15, 0.2) is 5.11 Å². The molecule has 0 unspecified atom stereocenters. The second-order valence-electron chi connectivity index (χ2n) is 7.67. The van der Waals surface area contributed by atoms with Crippen molar-refractivity contribution in [2.45, 2.75) is 44.6 Å². The van der Waals surface area contributed by atoms with Crippen molar-refractivity contribution in [2.75, 3.05) is 36.5 Å². The highest BCUT2D eigenvalue weighted by molar-refractivity contribution is 7.80. The van der Waals surface area contributed by atoms with Crippen LogP contribution in [0, 0.1) is 0 Å². The van der Waals surface area contributed by atoms with Crippen LogP contribution in [0.25, 0.3) is 0 Å². The first kappa shape index (κ1) is 20.8. The highest BCUT2D eigenvalue weighted by Gasteiger charge is 2.17. The third kappa shape index (κ3) is 6.03. The van der Waals surface area contributed by atoms with Gasteiger partial charge in [-0.15, -0.1) is 0 Å². The molecule has 3 heterocycles. The van der Waals surface area contributed by atoms with E-state index in [2.05, 4.69) is 20.5 Å². The van der Waals surface area contributed by atoms with Gasteiger partial charge in [0.05, 0.1) is 6.10 Å². The molecule has 1 aromatic heterocycles. The Morgan fingerprint density at radius 2 is 1.90 bits per heavy atom. The summed E-state index contributed by atoms with van der Waals surface area (Å²) in [5.41, 5.74) is 0. The molecule has 0 bridgehead atoms. The van der Waals surface area contributed by atoms with E-state index in [1.807, 2.05) is 36.4 Å². The van der Waals surface area contributed by atoms with Crippen molar-refractivity contribution < 1.29 is 9.47 Å². The summed E-state index contributed by atoms with van der Waals surface area (Å²) in [7, 11) is 0. The molecule has 0 amide bonds. The van der Waals surface area contributed by atoms with E-state index in [-0.39, 0.29) is 6.10 Å². The zero-order chi connectivity index (χ0) is 20.6. The van der Waals surface area contributed by atoms with Crippen LogP contribution in [0.15, 0.2) is 36.4 Å². The second-order valence-corrected chi connectivity index (χ2v) is 8.08. The number of benzene rings is 1. The third-order valence-electron chi connectivity index (χ3n) is 5.32. The Morgan fingerprint density at radius 1 is 1.10 bits per heavy atom. The number of nitrogens with one attached hydrogen (secondary N) is 2. The van der Waals surface area contributed by atoms with E-state index in [4.69, 9.17) is 26.7 Å². The van der Waals surface area contributed by atoms with E-state index < -0.39 is 0 Å². The Kier molecular flexibility index (Phi) is 7.31. The van der Waals surface area contributed by atoms with Crippen LogP contribution in [0.1, 0.15) is 38.5 Å². The Morgan fingerprint density at radius 3 is 2.63 bits per heavy atom.